The average Bonchev–Trinajstić information content (AvgIpc) is 2.73. The molecule has 0 aliphatic carbocycles. The lowest BCUT2D eigenvalue weighted by Gasteiger charge is -2.11. The van der Waals surface area contributed by atoms with Crippen LogP contribution in [0.25, 0.3) is 16.5 Å². The highest BCUT2D eigenvalue weighted by Crippen LogP contribution is 2.35. The first-order valence-corrected chi connectivity index (χ1v) is 8.05. The summed E-state index contributed by atoms with van der Waals surface area (Å²) in [6, 6.07) is 5.10. The van der Waals surface area contributed by atoms with Gasteiger partial charge in [-0.15, -0.1) is 0 Å². The molecule has 1 atom stereocenters. The van der Waals surface area contributed by atoms with Crippen LogP contribution < -0.4 is 5.32 Å². The Balaban J connectivity index is 2.41. The third-order valence-electron chi connectivity index (χ3n) is 4.59. The number of benzene rings is 1. The summed E-state index contributed by atoms with van der Waals surface area (Å²) >= 11 is 0. The van der Waals surface area contributed by atoms with Crippen molar-refractivity contribution in [1.29, 1.82) is 0 Å². The van der Waals surface area contributed by atoms with E-state index in [4.69, 9.17) is 0 Å². The number of fused-ring (bicyclic) bond motifs is 3. The van der Waals surface area contributed by atoms with Crippen molar-refractivity contribution in [3.05, 3.63) is 41.2 Å². The molecule has 6 heteroatoms. The highest BCUT2D eigenvalue weighted by Gasteiger charge is 2.31. The van der Waals surface area contributed by atoms with Gasteiger partial charge in [0.2, 0.25) is 0 Å². The van der Waals surface area contributed by atoms with E-state index >= 15 is 0 Å². The van der Waals surface area contributed by atoms with Gasteiger partial charge < -0.3 is 20.1 Å². The Morgan fingerprint density at radius 2 is 2.04 bits per heavy atom. The van der Waals surface area contributed by atoms with Crippen LogP contribution in [-0.2, 0) is 29.0 Å². The zero-order chi connectivity index (χ0) is 17.4. The molecule has 0 bridgehead atoms. The molecule has 0 fully saturated rings. The van der Waals surface area contributed by atoms with E-state index in [0.29, 0.717) is 12.2 Å². The standard InChI is InChI=1S/C18H20N2O4/c1-3-10-6-5-7-14-15(10)11-8-13(18(23)24)19-9-12(17(21)22)16(11)20(14)4-2/h5-7,9,13,19H,3-4,8H2,1-2H3,(H,21,22)(H,23,24)/t13-/m0/s1. The number of carbonyl (C=O) groups is 2. The molecule has 2 heterocycles. The fourth-order valence-electron chi connectivity index (χ4n) is 3.53. The summed E-state index contributed by atoms with van der Waals surface area (Å²) < 4.78 is 1.97. The largest absolute Gasteiger partial charge is 0.480 e. The van der Waals surface area contributed by atoms with Gasteiger partial charge in [0.05, 0.1) is 11.3 Å². The number of aryl methyl sites for hydroxylation is 2. The van der Waals surface area contributed by atoms with Crippen LogP contribution in [0.15, 0.2) is 24.4 Å². The number of nitrogens with zero attached hydrogens (tertiary/aromatic N) is 1. The third-order valence-corrected chi connectivity index (χ3v) is 4.59. The first-order valence-electron chi connectivity index (χ1n) is 8.05. The number of carboxylic acid groups (broad SMARTS) is 2. The van der Waals surface area contributed by atoms with Crippen molar-refractivity contribution in [3.63, 3.8) is 0 Å². The van der Waals surface area contributed by atoms with Gasteiger partial charge in [0, 0.05) is 30.1 Å². The van der Waals surface area contributed by atoms with Gasteiger partial charge >= 0.3 is 11.9 Å². The molecule has 0 amide bonds. The molecular weight excluding hydrogens is 308 g/mol. The van der Waals surface area contributed by atoms with Crippen LogP contribution in [0.1, 0.15) is 30.7 Å². The van der Waals surface area contributed by atoms with Crippen molar-refractivity contribution >= 4 is 28.4 Å². The molecule has 0 unspecified atom stereocenters. The van der Waals surface area contributed by atoms with E-state index in [0.717, 1.165) is 28.5 Å². The fourth-order valence-corrected chi connectivity index (χ4v) is 3.53. The quantitative estimate of drug-likeness (QED) is 0.801. The summed E-state index contributed by atoms with van der Waals surface area (Å²) in [6.07, 6.45) is 2.37. The molecule has 3 rings (SSSR count). The minimum absolute atomic E-state index is 0.105. The van der Waals surface area contributed by atoms with Crippen LogP contribution in [-0.4, -0.2) is 32.8 Å². The van der Waals surface area contributed by atoms with Crippen LogP contribution in [0.2, 0.25) is 0 Å². The van der Waals surface area contributed by atoms with E-state index in [1.165, 1.54) is 6.20 Å². The molecule has 0 spiro atoms. The maximum Gasteiger partial charge on any atom is 0.339 e. The lowest BCUT2D eigenvalue weighted by atomic mass is 9.97. The first kappa shape index (κ1) is 16.1. The second-order valence-electron chi connectivity index (χ2n) is 5.86. The van der Waals surface area contributed by atoms with Gasteiger partial charge in [-0.3, -0.25) is 0 Å². The molecule has 1 aliphatic heterocycles. The molecule has 0 saturated heterocycles. The summed E-state index contributed by atoms with van der Waals surface area (Å²) in [4.78, 5) is 23.3. The number of rotatable bonds is 4. The Kier molecular flexibility index (Phi) is 4.05. The summed E-state index contributed by atoms with van der Waals surface area (Å²) in [7, 11) is 0. The number of hydrogen-bond acceptors (Lipinski definition) is 3. The molecule has 1 aromatic carbocycles. The number of aromatic nitrogens is 1. The number of nitrogens with one attached hydrogen (secondary N) is 1. The highest BCUT2D eigenvalue weighted by molar-refractivity contribution is 6.17. The molecule has 24 heavy (non-hydrogen) atoms. The Hall–Kier alpha value is -2.76. The van der Waals surface area contributed by atoms with Crippen LogP contribution >= 0.6 is 0 Å². The maximum atomic E-state index is 11.8. The molecule has 3 N–H and O–H groups in total. The van der Waals surface area contributed by atoms with Crippen LogP contribution in [0, 0.1) is 0 Å². The first-order chi connectivity index (χ1) is 11.5. The summed E-state index contributed by atoms with van der Waals surface area (Å²) in [5.74, 6) is -2.06. The summed E-state index contributed by atoms with van der Waals surface area (Å²) in [5.41, 5.74) is 3.58. The number of hydrogen-bond donors (Lipinski definition) is 3. The molecule has 1 aromatic heterocycles. The van der Waals surface area contributed by atoms with E-state index in [1.807, 2.05) is 36.6 Å². The smallest absolute Gasteiger partial charge is 0.339 e. The van der Waals surface area contributed by atoms with Gasteiger partial charge in [0.1, 0.15) is 6.04 Å². The minimum atomic E-state index is -1.06. The van der Waals surface area contributed by atoms with E-state index in [2.05, 4.69) is 5.32 Å². The van der Waals surface area contributed by atoms with Crippen LogP contribution in [0.4, 0.5) is 0 Å². The highest BCUT2D eigenvalue weighted by atomic mass is 16.4. The van der Waals surface area contributed by atoms with Crippen molar-refractivity contribution in [1.82, 2.24) is 9.88 Å². The van der Waals surface area contributed by atoms with Crippen molar-refractivity contribution in [3.8, 4) is 0 Å². The van der Waals surface area contributed by atoms with Crippen LogP contribution in [0.3, 0.4) is 0 Å². The lowest BCUT2D eigenvalue weighted by molar-refractivity contribution is -0.139. The van der Waals surface area contributed by atoms with Gasteiger partial charge in [-0.25, -0.2) is 9.59 Å². The Morgan fingerprint density at radius 3 is 2.62 bits per heavy atom. The normalized spacial score (nSPS) is 16.9. The van der Waals surface area contributed by atoms with Gasteiger partial charge in [0.25, 0.3) is 0 Å². The zero-order valence-electron chi connectivity index (χ0n) is 13.7. The van der Waals surface area contributed by atoms with Crippen molar-refractivity contribution < 1.29 is 19.8 Å². The third kappa shape index (κ3) is 2.35. The second-order valence-corrected chi connectivity index (χ2v) is 5.86. The fraction of sp³-hybridized carbons (Fsp3) is 0.333. The maximum absolute atomic E-state index is 11.8. The van der Waals surface area contributed by atoms with E-state index in [9.17, 15) is 19.8 Å². The molecule has 1 aliphatic rings. The van der Waals surface area contributed by atoms with E-state index < -0.39 is 18.0 Å². The number of carboxylic acids is 2. The van der Waals surface area contributed by atoms with Gasteiger partial charge in [-0.05, 0) is 30.5 Å². The predicted molar refractivity (Wildman–Crippen MR) is 90.9 cm³/mol. The molecular formula is C18H20N2O4. The topological polar surface area (TPSA) is 91.6 Å². The minimum Gasteiger partial charge on any atom is -0.480 e. The van der Waals surface area contributed by atoms with E-state index in [1.54, 1.807) is 0 Å². The Labute approximate surface area is 139 Å². The van der Waals surface area contributed by atoms with Crippen LogP contribution in [0.5, 0.6) is 0 Å². The second kappa shape index (κ2) is 6.03. The van der Waals surface area contributed by atoms with Crippen molar-refractivity contribution in [2.24, 2.45) is 0 Å². The molecule has 0 radical (unpaired) electrons. The van der Waals surface area contributed by atoms with Gasteiger partial charge in [-0.1, -0.05) is 19.1 Å². The van der Waals surface area contributed by atoms with Crippen molar-refractivity contribution in [2.45, 2.75) is 39.3 Å². The van der Waals surface area contributed by atoms with Crippen molar-refractivity contribution in [2.75, 3.05) is 0 Å². The SMILES string of the molecule is CCc1cccc2c1c1c(n2CC)C(C(=O)O)=CN[C@H](C(=O)O)C1. The van der Waals surface area contributed by atoms with Gasteiger partial charge in [-0.2, -0.15) is 0 Å². The predicted octanol–water partition coefficient (Wildman–Crippen LogP) is 2.25. The molecule has 126 valence electrons. The van der Waals surface area contributed by atoms with E-state index in [-0.39, 0.29) is 12.0 Å². The summed E-state index contributed by atoms with van der Waals surface area (Å²) in [5, 5.41) is 22.8. The lowest BCUT2D eigenvalue weighted by Crippen LogP contribution is -2.34. The number of aliphatic carboxylic acids is 2. The molecule has 0 saturated carbocycles. The molecule has 6 nitrogen and oxygen atoms in total. The Morgan fingerprint density at radius 1 is 1.29 bits per heavy atom. The van der Waals surface area contributed by atoms with Gasteiger partial charge in [0.15, 0.2) is 0 Å². The monoisotopic (exact) mass is 328 g/mol. The Bertz CT molecular complexity index is 864. The average molecular weight is 328 g/mol. The summed E-state index contributed by atoms with van der Waals surface area (Å²) in [6.45, 7) is 4.62. The zero-order valence-corrected chi connectivity index (χ0v) is 13.7. The molecule has 2 aromatic rings.